The van der Waals surface area contributed by atoms with Gasteiger partial charge in [-0.25, -0.2) is 0 Å². The largest absolute Gasteiger partial charge is 0.468 e. The van der Waals surface area contributed by atoms with Crippen molar-refractivity contribution in [1.82, 2.24) is 5.32 Å². The molecule has 0 fully saturated rings. The summed E-state index contributed by atoms with van der Waals surface area (Å²) in [4.78, 5) is 0. The van der Waals surface area contributed by atoms with Crippen LogP contribution in [-0.4, -0.2) is 19.8 Å². The molecule has 1 aromatic rings. The van der Waals surface area contributed by atoms with E-state index in [9.17, 15) is 0 Å². The Hall–Kier alpha value is -0.800. The normalized spacial score (nSPS) is 10.9. The second-order valence-electron chi connectivity index (χ2n) is 4.28. The van der Waals surface area contributed by atoms with Crippen LogP contribution in [0.15, 0.2) is 22.8 Å². The topological polar surface area (TPSA) is 34.4 Å². The zero-order chi connectivity index (χ0) is 12.2. The van der Waals surface area contributed by atoms with Crippen LogP contribution in [0.25, 0.3) is 0 Å². The number of nitrogens with one attached hydrogen (secondary N) is 1. The minimum absolute atomic E-state index is 0.785. The smallest absolute Gasteiger partial charge is 0.117 e. The third-order valence-corrected chi connectivity index (χ3v) is 2.69. The van der Waals surface area contributed by atoms with Gasteiger partial charge in [0, 0.05) is 13.2 Å². The van der Waals surface area contributed by atoms with E-state index in [1.807, 2.05) is 12.1 Å². The summed E-state index contributed by atoms with van der Waals surface area (Å²) < 4.78 is 10.8. The van der Waals surface area contributed by atoms with Crippen LogP contribution >= 0.6 is 0 Å². The average Bonchev–Trinajstić information content (AvgIpc) is 2.85. The van der Waals surface area contributed by atoms with E-state index in [2.05, 4.69) is 12.2 Å². The minimum atomic E-state index is 0.785. The van der Waals surface area contributed by atoms with Crippen molar-refractivity contribution < 1.29 is 9.15 Å². The molecule has 0 aliphatic heterocycles. The summed E-state index contributed by atoms with van der Waals surface area (Å²) in [6.45, 7) is 5.59. The molecule has 1 rings (SSSR count). The molecule has 0 saturated carbocycles. The van der Waals surface area contributed by atoms with Crippen LogP contribution in [-0.2, 0) is 11.3 Å². The van der Waals surface area contributed by atoms with Gasteiger partial charge in [0.25, 0.3) is 0 Å². The van der Waals surface area contributed by atoms with Crippen molar-refractivity contribution in [3.05, 3.63) is 24.2 Å². The van der Waals surface area contributed by atoms with Gasteiger partial charge in [0.1, 0.15) is 5.76 Å². The van der Waals surface area contributed by atoms with Gasteiger partial charge in [-0.15, -0.1) is 0 Å². The van der Waals surface area contributed by atoms with Gasteiger partial charge in [-0.1, -0.05) is 32.6 Å². The van der Waals surface area contributed by atoms with Gasteiger partial charge in [0.2, 0.25) is 0 Å². The van der Waals surface area contributed by atoms with E-state index in [1.165, 1.54) is 32.1 Å². The maximum absolute atomic E-state index is 5.54. The molecule has 0 saturated heterocycles. The minimum Gasteiger partial charge on any atom is -0.468 e. The Bertz CT molecular complexity index is 247. The first kappa shape index (κ1) is 14.3. The Morgan fingerprint density at radius 3 is 2.82 bits per heavy atom. The number of hydrogen-bond donors (Lipinski definition) is 1. The summed E-state index contributed by atoms with van der Waals surface area (Å²) >= 11 is 0. The molecule has 98 valence electrons. The lowest BCUT2D eigenvalue weighted by molar-refractivity contribution is 0.131. The molecular formula is C14H25NO2. The predicted octanol–water partition coefficient (Wildman–Crippen LogP) is 3.36. The van der Waals surface area contributed by atoms with Crippen LogP contribution in [0.4, 0.5) is 0 Å². The number of unbranched alkanes of at least 4 members (excludes halogenated alkanes) is 4. The molecule has 0 aromatic carbocycles. The van der Waals surface area contributed by atoms with Crippen LogP contribution in [0.1, 0.15) is 44.8 Å². The number of furan rings is 1. The standard InChI is InChI=1S/C14H25NO2/c1-2-3-4-5-6-10-16-12-9-15-13-14-8-7-11-17-14/h7-8,11,15H,2-6,9-10,12-13H2,1H3. The Morgan fingerprint density at radius 1 is 1.18 bits per heavy atom. The molecule has 0 aliphatic rings. The van der Waals surface area contributed by atoms with Gasteiger partial charge in [-0.3, -0.25) is 0 Å². The van der Waals surface area contributed by atoms with Crippen LogP contribution in [0.2, 0.25) is 0 Å². The molecule has 0 radical (unpaired) electrons. The van der Waals surface area contributed by atoms with Crippen LogP contribution < -0.4 is 5.32 Å². The molecule has 3 heteroatoms. The van der Waals surface area contributed by atoms with Gasteiger partial charge in [0.15, 0.2) is 0 Å². The molecule has 1 heterocycles. The highest BCUT2D eigenvalue weighted by molar-refractivity contribution is 4.97. The molecule has 1 aromatic heterocycles. The first-order valence-corrected chi connectivity index (χ1v) is 6.74. The highest BCUT2D eigenvalue weighted by Gasteiger charge is 1.94. The molecule has 0 unspecified atom stereocenters. The SMILES string of the molecule is CCCCCCCOCCNCc1ccco1. The first-order valence-electron chi connectivity index (χ1n) is 6.74. The second kappa shape index (κ2) is 10.4. The third-order valence-electron chi connectivity index (χ3n) is 2.69. The number of rotatable bonds is 11. The summed E-state index contributed by atoms with van der Waals surface area (Å²) in [6, 6.07) is 3.88. The predicted molar refractivity (Wildman–Crippen MR) is 70.0 cm³/mol. The van der Waals surface area contributed by atoms with Gasteiger partial charge in [-0.05, 0) is 18.6 Å². The van der Waals surface area contributed by atoms with E-state index in [1.54, 1.807) is 6.26 Å². The van der Waals surface area contributed by atoms with Gasteiger partial charge in [0.05, 0.1) is 19.4 Å². The highest BCUT2D eigenvalue weighted by Crippen LogP contribution is 2.02. The van der Waals surface area contributed by atoms with Crippen molar-refractivity contribution >= 4 is 0 Å². The van der Waals surface area contributed by atoms with E-state index < -0.39 is 0 Å². The molecule has 0 amide bonds. The summed E-state index contributed by atoms with van der Waals surface area (Å²) in [5, 5.41) is 3.28. The third kappa shape index (κ3) is 8.00. The van der Waals surface area contributed by atoms with Gasteiger partial charge < -0.3 is 14.5 Å². The summed E-state index contributed by atoms with van der Waals surface area (Å²) in [5.41, 5.74) is 0. The fourth-order valence-electron chi connectivity index (χ4n) is 1.68. The maximum Gasteiger partial charge on any atom is 0.117 e. The van der Waals surface area contributed by atoms with Crippen molar-refractivity contribution in [1.29, 1.82) is 0 Å². The Labute approximate surface area is 105 Å². The summed E-state index contributed by atoms with van der Waals surface area (Å²) in [6.07, 6.45) is 8.19. The Morgan fingerprint density at radius 2 is 2.06 bits per heavy atom. The molecule has 0 spiro atoms. The van der Waals surface area contributed by atoms with Crippen LogP contribution in [0.3, 0.4) is 0 Å². The quantitative estimate of drug-likeness (QED) is 0.601. The van der Waals surface area contributed by atoms with Crippen LogP contribution in [0.5, 0.6) is 0 Å². The van der Waals surface area contributed by atoms with E-state index >= 15 is 0 Å². The first-order chi connectivity index (χ1) is 8.43. The average molecular weight is 239 g/mol. The van der Waals surface area contributed by atoms with Crippen LogP contribution in [0, 0.1) is 0 Å². The van der Waals surface area contributed by atoms with E-state index in [0.29, 0.717) is 0 Å². The van der Waals surface area contributed by atoms with Crippen molar-refractivity contribution in [3.63, 3.8) is 0 Å². The van der Waals surface area contributed by atoms with Gasteiger partial charge in [-0.2, -0.15) is 0 Å². The fraction of sp³-hybridized carbons (Fsp3) is 0.714. The molecular weight excluding hydrogens is 214 g/mol. The summed E-state index contributed by atoms with van der Waals surface area (Å²) in [7, 11) is 0. The molecule has 0 atom stereocenters. The zero-order valence-corrected chi connectivity index (χ0v) is 10.9. The van der Waals surface area contributed by atoms with E-state index in [-0.39, 0.29) is 0 Å². The number of hydrogen-bond acceptors (Lipinski definition) is 3. The molecule has 3 nitrogen and oxygen atoms in total. The lowest BCUT2D eigenvalue weighted by atomic mass is 10.2. The molecule has 0 aliphatic carbocycles. The Balaban J connectivity index is 1.76. The van der Waals surface area contributed by atoms with Crippen molar-refractivity contribution in [2.75, 3.05) is 19.8 Å². The lowest BCUT2D eigenvalue weighted by Gasteiger charge is -2.05. The Kier molecular flexibility index (Phi) is 8.69. The van der Waals surface area contributed by atoms with Crippen molar-refractivity contribution in [3.8, 4) is 0 Å². The van der Waals surface area contributed by atoms with Crippen molar-refractivity contribution in [2.24, 2.45) is 0 Å². The van der Waals surface area contributed by atoms with Gasteiger partial charge >= 0.3 is 0 Å². The molecule has 17 heavy (non-hydrogen) atoms. The highest BCUT2D eigenvalue weighted by atomic mass is 16.5. The lowest BCUT2D eigenvalue weighted by Crippen LogP contribution is -2.19. The molecule has 0 bridgehead atoms. The monoisotopic (exact) mass is 239 g/mol. The van der Waals surface area contributed by atoms with E-state index in [0.717, 1.165) is 32.1 Å². The van der Waals surface area contributed by atoms with E-state index in [4.69, 9.17) is 9.15 Å². The second-order valence-corrected chi connectivity index (χ2v) is 4.28. The maximum atomic E-state index is 5.54. The zero-order valence-electron chi connectivity index (χ0n) is 10.9. The fourth-order valence-corrected chi connectivity index (χ4v) is 1.68. The molecule has 1 N–H and O–H groups in total. The number of ether oxygens (including phenoxy) is 1. The summed E-state index contributed by atoms with van der Waals surface area (Å²) in [5.74, 6) is 0.976. The van der Waals surface area contributed by atoms with Crippen molar-refractivity contribution in [2.45, 2.75) is 45.6 Å².